The lowest BCUT2D eigenvalue weighted by atomic mass is 10.1. The van der Waals surface area contributed by atoms with Crippen LogP contribution >= 0.6 is 11.3 Å². The molecule has 6 nitrogen and oxygen atoms in total. The number of carbonyl (C=O) groups is 2. The van der Waals surface area contributed by atoms with Gasteiger partial charge in [0, 0.05) is 56.5 Å². The van der Waals surface area contributed by atoms with Crippen LogP contribution in [0.4, 0.5) is 11.4 Å². The van der Waals surface area contributed by atoms with Crippen LogP contribution in [-0.2, 0) is 27.3 Å². The molecule has 2 aromatic rings. The molecule has 0 radical (unpaired) electrons. The quantitative estimate of drug-likeness (QED) is 0.656. The highest BCUT2D eigenvalue weighted by Crippen LogP contribution is 2.26. The number of anilines is 2. The molecule has 1 saturated heterocycles. The number of ether oxygens (including phenoxy) is 1. The van der Waals surface area contributed by atoms with Gasteiger partial charge >= 0.3 is 0 Å². The molecule has 0 bridgehead atoms. The van der Waals surface area contributed by atoms with E-state index in [0.29, 0.717) is 25.9 Å². The third-order valence-corrected chi connectivity index (χ3v) is 6.11. The van der Waals surface area contributed by atoms with Crippen molar-refractivity contribution in [2.45, 2.75) is 45.3 Å². The summed E-state index contributed by atoms with van der Waals surface area (Å²) in [5.74, 6) is 0.0733. The molecule has 1 aliphatic rings. The van der Waals surface area contributed by atoms with Crippen LogP contribution in [0.15, 0.2) is 35.7 Å². The minimum Gasteiger partial charge on any atom is -0.377 e. The van der Waals surface area contributed by atoms with Crippen molar-refractivity contribution in [1.82, 2.24) is 4.90 Å². The van der Waals surface area contributed by atoms with E-state index in [1.807, 2.05) is 66.5 Å². The number of rotatable bonds is 9. The Morgan fingerprint density at radius 2 is 2.10 bits per heavy atom. The van der Waals surface area contributed by atoms with E-state index in [0.717, 1.165) is 41.3 Å². The first-order valence-corrected chi connectivity index (χ1v) is 11.4. The van der Waals surface area contributed by atoms with E-state index in [9.17, 15) is 9.59 Å². The molecule has 3 rings (SSSR count). The molecule has 1 aromatic heterocycles. The van der Waals surface area contributed by atoms with Crippen molar-refractivity contribution in [1.29, 1.82) is 0 Å². The van der Waals surface area contributed by atoms with Crippen molar-refractivity contribution >= 4 is 34.5 Å². The van der Waals surface area contributed by atoms with Crippen molar-refractivity contribution in [2.24, 2.45) is 0 Å². The third kappa shape index (κ3) is 6.06. The van der Waals surface area contributed by atoms with Crippen molar-refractivity contribution in [3.8, 4) is 0 Å². The summed E-state index contributed by atoms with van der Waals surface area (Å²) in [6.07, 6.45) is 2.93. The zero-order valence-corrected chi connectivity index (χ0v) is 18.8. The van der Waals surface area contributed by atoms with Gasteiger partial charge in [-0.2, -0.15) is 0 Å². The summed E-state index contributed by atoms with van der Waals surface area (Å²) in [4.78, 5) is 30.0. The normalized spacial score (nSPS) is 15.8. The number of carbonyl (C=O) groups excluding carboxylic acids is 2. The lowest BCUT2D eigenvalue weighted by Gasteiger charge is -2.28. The maximum absolute atomic E-state index is 13.2. The van der Waals surface area contributed by atoms with Crippen LogP contribution in [0.5, 0.6) is 0 Å². The fraction of sp³-hybridized carbons (Fsp3) is 0.478. The Morgan fingerprint density at radius 1 is 1.27 bits per heavy atom. The van der Waals surface area contributed by atoms with Crippen LogP contribution in [0.3, 0.4) is 0 Å². The van der Waals surface area contributed by atoms with Gasteiger partial charge in [-0.15, -0.1) is 11.3 Å². The molecule has 2 amide bonds. The second-order valence-corrected chi connectivity index (χ2v) is 8.84. The summed E-state index contributed by atoms with van der Waals surface area (Å²) in [7, 11) is 3.97. The van der Waals surface area contributed by atoms with E-state index in [4.69, 9.17) is 4.74 Å². The zero-order chi connectivity index (χ0) is 21.5. The first-order valence-electron chi connectivity index (χ1n) is 10.5. The summed E-state index contributed by atoms with van der Waals surface area (Å²) in [6.45, 7) is 3.66. The second kappa shape index (κ2) is 10.6. The van der Waals surface area contributed by atoms with Crippen LogP contribution in [0.1, 0.15) is 36.6 Å². The summed E-state index contributed by atoms with van der Waals surface area (Å²) >= 11 is 1.60. The van der Waals surface area contributed by atoms with Crippen LogP contribution in [0.25, 0.3) is 0 Å². The van der Waals surface area contributed by atoms with Gasteiger partial charge in [0.15, 0.2) is 0 Å². The van der Waals surface area contributed by atoms with Crippen LogP contribution < -0.4 is 10.2 Å². The predicted octanol–water partition coefficient (Wildman–Crippen LogP) is 3.91. The highest BCUT2D eigenvalue weighted by molar-refractivity contribution is 7.10. The van der Waals surface area contributed by atoms with Gasteiger partial charge in [-0.05, 0) is 48.1 Å². The van der Waals surface area contributed by atoms with Crippen molar-refractivity contribution in [3.63, 3.8) is 0 Å². The van der Waals surface area contributed by atoms with Crippen LogP contribution in [0, 0.1) is 0 Å². The maximum atomic E-state index is 13.2. The van der Waals surface area contributed by atoms with Gasteiger partial charge in [-0.1, -0.05) is 13.0 Å². The molecule has 0 saturated carbocycles. The molecule has 0 aliphatic carbocycles. The lowest BCUT2D eigenvalue weighted by Crippen LogP contribution is -2.38. The summed E-state index contributed by atoms with van der Waals surface area (Å²) < 4.78 is 5.82. The monoisotopic (exact) mass is 429 g/mol. The van der Waals surface area contributed by atoms with E-state index < -0.39 is 0 Å². The lowest BCUT2D eigenvalue weighted by molar-refractivity contribution is -0.132. The highest BCUT2D eigenvalue weighted by Gasteiger charge is 2.24. The smallest absolute Gasteiger partial charge is 0.228 e. The van der Waals surface area contributed by atoms with E-state index >= 15 is 0 Å². The third-order valence-electron chi connectivity index (χ3n) is 5.23. The SMILES string of the molecule is CCC(=O)Nc1ccc(N(C)C)c(CN(C[C@@H]2CCCO2)C(=O)Cc2cccs2)c1. The van der Waals surface area contributed by atoms with Gasteiger partial charge in [-0.3, -0.25) is 9.59 Å². The second-order valence-electron chi connectivity index (χ2n) is 7.81. The van der Waals surface area contributed by atoms with Crippen LogP contribution in [0.2, 0.25) is 0 Å². The van der Waals surface area contributed by atoms with Gasteiger partial charge in [0.25, 0.3) is 0 Å². The van der Waals surface area contributed by atoms with Crippen LogP contribution in [-0.4, -0.2) is 50.1 Å². The summed E-state index contributed by atoms with van der Waals surface area (Å²) in [6, 6.07) is 9.85. The highest BCUT2D eigenvalue weighted by atomic mass is 32.1. The summed E-state index contributed by atoms with van der Waals surface area (Å²) in [5, 5.41) is 4.92. The minimum absolute atomic E-state index is 0.0245. The van der Waals surface area contributed by atoms with Gasteiger partial charge in [0.2, 0.25) is 11.8 Å². The van der Waals surface area contributed by atoms with Gasteiger partial charge < -0.3 is 19.9 Å². The molecule has 1 fully saturated rings. The minimum atomic E-state index is -0.0245. The molecule has 162 valence electrons. The number of nitrogens with one attached hydrogen (secondary N) is 1. The fourth-order valence-corrected chi connectivity index (χ4v) is 4.34. The van der Waals surface area contributed by atoms with Gasteiger partial charge in [-0.25, -0.2) is 0 Å². The molecule has 30 heavy (non-hydrogen) atoms. The largest absolute Gasteiger partial charge is 0.377 e. The topological polar surface area (TPSA) is 61.9 Å². The van der Waals surface area contributed by atoms with Crippen molar-refractivity contribution in [3.05, 3.63) is 46.2 Å². The summed E-state index contributed by atoms with van der Waals surface area (Å²) in [5.41, 5.74) is 2.79. The Kier molecular flexibility index (Phi) is 7.87. The standard InChI is InChI=1S/C23H31N3O3S/c1-4-22(27)24-18-9-10-21(25(2)3)17(13-18)15-26(16-19-7-5-11-29-19)23(28)14-20-8-6-12-30-20/h6,8-10,12-13,19H,4-5,7,11,14-16H2,1-3H3,(H,24,27)/t19-/m0/s1. The van der Waals surface area contributed by atoms with Crippen molar-refractivity contribution < 1.29 is 14.3 Å². The van der Waals surface area contributed by atoms with Gasteiger partial charge in [0.05, 0.1) is 12.5 Å². The van der Waals surface area contributed by atoms with E-state index in [1.54, 1.807) is 11.3 Å². The molecule has 1 N–H and O–H groups in total. The van der Waals surface area contributed by atoms with E-state index in [-0.39, 0.29) is 17.9 Å². The number of thiophene rings is 1. The first kappa shape index (κ1) is 22.3. The Bertz CT molecular complexity index is 845. The number of hydrogen-bond acceptors (Lipinski definition) is 5. The average molecular weight is 430 g/mol. The number of hydrogen-bond donors (Lipinski definition) is 1. The molecule has 1 aromatic carbocycles. The maximum Gasteiger partial charge on any atom is 0.228 e. The number of amides is 2. The Hall–Kier alpha value is -2.38. The molecular weight excluding hydrogens is 398 g/mol. The molecule has 0 spiro atoms. The average Bonchev–Trinajstić information content (AvgIpc) is 3.41. The Labute approximate surface area is 182 Å². The van der Waals surface area contributed by atoms with E-state index in [1.165, 1.54) is 0 Å². The Morgan fingerprint density at radius 3 is 2.73 bits per heavy atom. The fourth-order valence-electron chi connectivity index (χ4n) is 3.64. The van der Waals surface area contributed by atoms with Crippen molar-refractivity contribution in [2.75, 3.05) is 37.5 Å². The predicted molar refractivity (Wildman–Crippen MR) is 122 cm³/mol. The zero-order valence-electron chi connectivity index (χ0n) is 18.0. The molecule has 2 heterocycles. The van der Waals surface area contributed by atoms with Gasteiger partial charge in [0.1, 0.15) is 0 Å². The number of benzene rings is 1. The molecule has 1 atom stereocenters. The molecule has 7 heteroatoms. The molecule has 0 unspecified atom stereocenters. The first-order chi connectivity index (χ1) is 14.5. The number of nitrogens with zero attached hydrogens (tertiary/aromatic N) is 2. The molecular formula is C23H31N3O3S. The van der Waals surface area contributed by atoms with E-state index in [2.05, 4.69) is 5.32 Å². The Balaban J connectivity index is 1.84. The molecule has 1 aliphatic heterocycles.